The fourth-order valence-electron chi connectivity index (χ4n) is 4.24. The van der Waals surface area contributed by atoms with Crippen molar-refractivity contribution in [3.8, 4) is 5.75 Å². The fourth-order valence-corrected chi connectivity index (χ4v) is 4.24. The van der Waals surface area contributed by atoms with Crippen molar-refractivity contribution in [2.75, 3.05) is 38.2 Å². The zero-order valence-corrected chi connectivity index (χ0v) is 14.9. The number of nitrogens with zero attached hydrogens (tertiary/aromatic N) is 4. The predicted molar refractivity (Wildman–Crippen MR) is 98.8 cm³/mol. The van der Waals surface area contributed by atoms with Crippen molar-refractivity contribution in [3.05, 3.63) is 48.3 Å². The lowest BCUT2D eigenvalue weighted by atomic mass is 9.78. The zero-order chi connectivity index (χ0) is 17.1. The first-order chi connectivity index (χ1) is 12.3. The molecule has 0 saturated carbocycles. The summed E-state index contributed by atoms with van der Waals surface area (Å²) in [4.78, 5) is 13.7. The maximum Gasteiger partial charge on any atom is 0.225 e. The van der Waals surface area contributed by atoms with E-state index in [2.05, 4.69) is 38.0 Å². The quantitative estimate of drug-likeness (QED) is 0.857. The van der Waals surface area contributed by atoms with Crippen LogP contribution < -0.4 is 9.64 Å². The van der Waals surface area contributed by atoms with Crippen LogP contribution in [0.4, 0.5) is 5.95 Å². The van der Waals surface area contributed by atoms with Gasteiger partial charge in [-0.3, -0.25) is 4.90 Å². The van der Waals surface area contributed by atoms with E-state index >= 15 is 0 Å². The van der Waals surface area contributed by atoms with Crippen LogP contribution in [0, 0.1) is 5.41 Å². The van der Waals surface area contributed by atoms with Crippen LogP contribution in [0.25, 0.3) is 0 Å². The molecule has 2 aromatic rings. The minimum absolute atomic E-state index is 0.476. The highest BCUT2D eigenvalue weighted by Gasteiger charge is 2.40. The molecule has 2 aliphatic heterocycles. The SMILES string of the molecule is COc1cccc(CN2CCC3(CCN(c4ncccn4)CC3)C2)c1. The van der Waals surface area contributed by atoms with Crippen molar-refractivity contribution in [2.24, 2.45) is 5.41 Å². The number of likely N-dealkylation sites (tertiary alicyclic amines) is 1. The predicted octanol–water partition coefficient (Wildman–Crippen LogP) is 2.98. The number of methoxy groups -OCH3 is 1. The topological polar surface area (TPSA) is 41.5 Å². The van der Waals surface area contributed by atoms with Gasteiger partial charge in [-0.1, -0.05) is 12.1 Å². The van der Waals surface area contributed by atoms with E-state index in [1.807, 2.05) is 24.5 Å². The average molecular weight is 338 g/mol. The van der Waals surface area contributed by atoms with Crippen LogP contribution in [0.5, 0.6) is 5.75 Å². The number of piperidine rings is 1. The van der Waals surface area contributed by atoms with Gasteiger partial charge in [0.25, 0.3) is 0 Å². The molecule has 0 N–H and O–H groups in total. The summed E-state index contributed by atoms with van der Waals surface area (Å²) in [5.74, 6) is 1.83. The molecule has 25 heavy (non-hydrogen) atoms. The molecule has 0 bridgehead atoms. The molecule has 2 saturated heterocycles. The summed E-state index contributed by atoms with van der Waals surface area (Å²) in [7, 11) is 1.73. The van der Waals surface area contributed by atoms with Crippen LogP contribution >= 0.6 is 0 Å². The molecule has 0 atom stereocenters. The maximum atomic E-state index is 5.35. The molecular formula is C20H26N4O. The van der Waals surface area contributed by atoms with E-state index in [0.29, 0.717) is 5.41 Å². The van der Waals surface area contributed by atoms with Gasteiger partial charge in [0.1, 0.15) is 5.75 Å². The average Bonchev–Trinajstić information content (AvgIpc) is 3.05. The van der Waals surface area contributed by atoms with Crippen LogP contribution in [0.2, 0.25) is 0 Å². The second-order valence-corrected chi connectivity index (χ2v) is 7.35. The van der Waals surface area contributed by atoms with Gasteiger partial charge in [-0.2, -0.15) is 0 Å². The Labute approximate surface area is 149 Å². The Hall–Kier alpha value is -2.14. The molecule has 5 nitrogen and oxygen atoms in total. The monoisotopic (exact) mass is 338 g/mol. The molecule has 1 aromatic heterocycles. The van der Waals surface area contributed by atoms with Gasteiger partial charge in [0.05, 0.1) is 7.11 Å². The van der Waals surface area contributed by atoms with Gasteiger partial charge in [-0.25, -0.2) is 9.97 Å². The van der Waals surface area contributed by atoms with Gasteiger partial charge in [0, 0.05) is 38.6 Å². The third-order valence-electron chi connectivity index (χ3n) is 5.72. The van der Waals surface area contributed by atoms with Crippen LogP contribution in [0.3, 0.4) is 0 Å². The van der Waals surface area contributed by atoms with Crippen LogP contribution in [0.1, 0.15) is 24.8 Å². The van der Waals surface area contributed by atoms with Crippen molar-refractivity contribution in [1.82, 2.24) is 14.9 Å². The lowest BCUT2D eigenvalue weighted by molar-refractivity contribution is 0.205. The first-order valence-corrected chi connectivity index (χ1v) is 9.14. The van der Waals surface area contributed by atoms with Gasteiger partial charge in [0.2, 0.25) is 5.95 Å². The number of aromatic nitrogens is 2. The van der Waals surface area contributed by atoms with Crippen molar-refractivity contribution in [2.45, 2.75) is 25.8 Å². The summed E-state index contributed by atoms with van der Waals surface area (Å²) in [6.45, 7) is 5.55. The molecule has 2 aliphatic rings. The van der Waals surface area contributed by atoms with Crippen LogP contribution in [-0.2, 0) is 6.54 Å². The number of hydrogen-bond acceptors (Lipinski definition) is 5. The van der Waals surface area contributed by atoms with Gasteiger partial charge < -0.3 is 9.64 Å². The molecule has 5 heteroatoms. The van der Waals surface area contributed by atoms with Gasteiger partial charge in [-0.05, 0) is 55.0 Å². The summed E-state index contributed by atoms with van der Waals surface area (Å²) < 4.78 is 5.35. The summed E-state index contributed by atoms with van der Waals surface area (Å²) >= 11 is 0. The Kier molecular flexibility index (Phi) is 4.57. The number of benzene rings is 1. The second kappa shape index (κ2) is 7.00. The highest BCUT2D eigenvalue weighted by atomic mass is 16.5. The molecule has 3 heterocycles. The Morgan fingerprint density at radius 3 is 2.56 bits per heavy atom. The normalized spacial score (nSPS) is 20.1. The lowest BCUT2D eigenvalue weighted by Gasteiger charge is -2.39. The first-order valence-electron chi connectivity index (χ1n) is 9.14. The molecule has 2 fully saturated rings. The molecule has 4 rings (SSSR count). The molecule has 132 valence electrons. The summed E-state index contributed by atoms with van der Waals surface area (Å²) in [5, 5.41) is 0. The third kappa shape index (κ3) is 3.61. The van der Waals surface area contributed by atoms with Gasteiger partial charge >= 0.3 is 0 Å². The molecule has 1 aromatic carbocycles. The van der Waals surface area contributed by atoms with E-state index in [1.54, 1.807) is 7.11 Å². The van der Waals surface area contributed by atoms with Crippen LogP contribution in [0.15, 0.2) is 42.7 Å². The third-order valence-corrected chi connectivity index (χ3v) is 5.72. The minimum Gasteiger partial charge on any atom is -0.497 e. The largest absolute Gasteiger partial charge is 0.497 e. The highest BCUT2D eigenvalue weighted by Crippen LogP contribution is 2.41. The summed E-state index contributed by atoms with van der Waals surface area (Å²) in [5.41, 5.74) is 1.82. The Morgan fingerprint density at radius 1 is 1.04 bits per heavy atom. The van der Waals surface area contributed by atoms with Crippen LogP contribution in [-0.4, -0.2) is 48.2 Å². The van der Waals surface area contributed by atoms with E-state index in [-0.39, 0.29) is 0 Å². The highest BCUT2D eigenvalue weighted by molar-refractivity contribution is 5.30. The molecule has 1 spiro atoms. The first kappa shape index (κ1) is 16.3. The number of rotatable bonds is 4. The number of ether oxygens (including phenoxy) is 1. The van der Waals surface area contributed by atoms with Crippen molar-refractivity contribution < 1.29 is 4.74 Å². The van der Waals surface area contributed by atoms with Gasteiger partial charge in [0.15, 0.2) is 0 Å². The number of hydrogen-bond donors (Lipinski definition) is 0. The van der Waals surface area contributed by atoms with E-state index in [0.717, 1.165) is 31.3 Å². The van der Waals surface area contributed by atoms with Crippen molar-refractivity contribution in [3.63, 3.8) is 0 Å². The minimum atomic E-state index is 0.476. The zero-order valence-electron chi connectivity index (χ0n) is 14.9. The van der Waals surface area contributed by atoms with E-state index < -0.39 is 0 Å². The standard InChI is InChI=1S/C20H26N4O/c1-25-18-5-2-4-17(14-18)15-23-11-6-20(16-23)7-12-24(13-8-20)19-21-9-3-10-22-19/h2-5,9-10,14H,6-8,11-13,15-16H2,1H3. The second-order valence-electron chi connectivity index (χ2n) is 7.35. The van der Waals surface area contributed by atoms with E-state index in [4.69, 9.17) is 4.74 Å². The maximum absolute atomic E-state index is 5.35. The Morgan fingerprint density at radius 2 is 1.80 bits per heavy atom. The smallest absolute Gasteiger partial charge is 0.225 e. The summed E-state index contributed by atoms with van der Waals surface area (Å²) in [6, 6.07) is 10.3. The molecule has 0 unspecified atom stereocenters. The molecule has 0 amide bonds. The fraction of sp³-hybridized carbons (Fsp3) is 0.500. The lowest BCUT2D eigenvalue weighted by Crippen LogP contribution is -2.42. The van der Waals surface area contributed by atoms with Crippen molar-refractivity contribution >= 4 is 5.95 Å². The van der Waals surface area contributed by atoms with Crippen molar-refractivity contribution in [1.29, 1.82) is 0 Å². The van der Waals surface area contributed by atoms with Gasteiger partial charge in [-0.15, -0.1) is 0 Å². The van der Waals surface area contributed by atoms with E-state index in [1.165, 1.54) is 37.9 Å². The summed E-state index contributed by atoms with van der Waals surface area (Å²) in [6.07, 6.45) is 7.44. The molecule has 0 aliphatic carbocycles. The Balaban J connectivity index is 1.34. The molecule has 0 radical (unpaired) electrons. The number of anilines is 1. The Bertz CT molecular complexity index is 698. The molecular weight excluding hydrogens is 312 g/mol. The van der Waals surface area contributed by atoms with E-state index in [9.17, 15) is 0 Å².